The Morgan fingerprint density at radius 1 is 1.05 bits per heavy atom. The van der Waals surface area contributed by atoms with Crippen LogP contribution in [-0.2, 0) is 6.18 Å². The molecule has 1 amide bonds. The minimum absolute atomic E-state index is 0.220. The average Bonchev–Trinajstić information content (AvgIpc) is 2.35. The Hall–Kier alpha value is -1.44. The van der Waals surface area contributed by atoms with Gasteiger partial charge in [0.25, 0.3) is 5.91 Å². The maximum atomic E-state index is 12.4. The molecule has 0 bridgehead atoms. The van der Waals surface area contributed by atoms with Crippen LogP contribution in [0.3, 0.4) is 0 Å². The van der Waals surface area contributed by atoms with Gasteiger partial charge in [0.05, 0.1) is 5.56 Å². The molecule has 0 aliphatic carbocycles. The molecule has 1 aromatic carbocycles. The van der Waals surface area contributed by atoms with Gasteiger partial charge < -0.3 is 4.90 Å². The van der Waals surface area contributed by atoms with Gasteiger partial charge in [0.2, 0.25) is 0 Å². The Balaban J connectivity index is 2.94. The van der Waals surface area contributed by atoms with E-state index in [1.165, 1.54) is 0 Å². The molecule has 0 fully saturated rings. The van der Waals surface area contributed by atoms with E-state index in [9.17, 15) is 31.1 Å². The zero-order chi connectivity index (χ0) is 16.3. The van der Waals surface area contributed by atoms with E-state index in [1.807, 2.05) is 0 Å². The van der Waals surface area contributed by atoms with Crippen LogP contribution in [0.4, 0.5) is 26.3 Å². The van der Waals surface area contributed by atoms with Crippen molar-refractivity contribution in [1.82, 2.24) is 4.90 Å². The van der Waals surface area contributed by atoms with E-state index in [2.05, 4.69) is 0 Å². The highest BCUT2D eigenvalue weighted by Crippen LogP contribution is 2.29. The Morgan fingerprint density at radius 2 is 1.57 bits per heavy atom. The number of carbonyl (C=O) groups excluding carboxylic acids is 1. The number of nitrogens with zero attached hydrogens (tertiary/aromatic N) is 1. The van der Waals surface area contributed by atoms with E-state index in [0.29, 0.717) is 17.0 Å². The van der Waals surface area contributed by atoms with Crippen molar-refractivity contribution < 1.29 is 31.1 Å². The molecule has 1 aromatic rings. The fourth-order valence-electron chi connectivity index (χ4n) is 1.56. The first kappa shape index (κ1) is 17.6. The topological polar surface area (TPSA) is 20.3 Å². The van der Waals surface area contributed by atoms with Gasteiger partial charge in [0, 0.05) is 18.0 Å². The van der Waals surface area contributed by atoms with Crippen molar-refractivity contribution in [2.45, 2.75) is 12.4 Å². The lowest BCUT2D eigenvalue weighted by atomic mass is 10.1. The van der Waals surface area contributed by atoms with Crippen LogP contribution in [0.2, 0.25) is 0 Å². The monoisotopic (exact) mass is 333 g/mol. The third-order valence-electron chi connectivity index (χ3n) is 2.47. The molecular weight excluding hydrogens is 324 g/mol. The number of benzene rings is 1. The van der Waals surface area contributed by atoms with Gasteiger partial charge in [-0.15, -0.1) is 11.6 Å². The van der Waals surface area contributed by atoms with Crippen molar-refractivity contribution in [3.05, 3.63) is 35.4 Å². The van der Waals surface area contributed by atoms with Crippen molar-refractivity contribution in [3.8, 4) is 0 Å². The van der Waals surface area contributed by atoms with E-state index >= 15 is 0 Å². The first-order valence-corrected chi connectivity index (χ1v) is 6.17. The van der Waals surface area contributed by atoms with Gasteiger partial charge in [-0.05, 0) is 24.3 Å². The van der Waals surface area contributed by atoms with Crippen molar-refractivity contribution in [1.29, 1.82) is 0 Å². The standard InChI is InChI=1S/C12H10ClF6NO/c13-5-6-20(7-11(14,15)16)10(21)8-1-3-9(4-2-8)12(17,18)19/h1-4H,5-7H2. The lowest BCUT2D eigenvalue weighted by Gasteiger charge is -2.23. The number of carbonyl (C=O) groups is 1. The molecule has 0 radical (unpaired) electrons. The zero-order valence-electron chi connectivity index (χ0n) is 10.4. The molecule has 9 heteroatoms. The molecule has 1 rings (SSSR count). The summed E-state index contributed by atoms with van der Waals surface area (Å²) in [7, 11) is 0. The Bertz CT molecular complexity index is 482. The summed E-state index contributed by atoms with van der Waals surface area (Å²) in [6, 6.07) is 2.95. The number of halogens is 7. The maximum Gasteiger partial charge on any atom is 0.416 e. The predicted molar refractivity (Wildman–Crippen MR) is 64.1 cm³/mol. The molecule has 0 heterocycles. The van der Waals surface area contributed by atoms with Gasteiger partial charge in [0.15, 0.2) is 0 Å². The van der Waals surface area contributed by atoms with E-state index in [1.54, 1.807) is 0 Å². The lowest BCUT2D eigenvalue weighted by molar-refractivity contribution is -0.140. The fraction of sp³-hybridized carbons (Fsp3) is 0.417. The molecule has 0 saturated heterocycles. The van der Waals surface area contributed by atoms with Crippen molar-refractivity contribution in [2.75, 3.05) is 19.0 Å². The van der Waals surface area contributed by atoms with E-state index < -0.39 is 30.4 Å². The van der Waals surface area contributed by atoms with Crippen LogP contribution in [0.5, 0.6) is 0 Å². The molecule has 0 spiro atoms. The molecule has 0 unspecified atom stereocenters. The first-order valence-electron chi connectivity index (χ1n) is 5.64. The van der Waals surface area contributed by atoms with Crippen molar-refractivity contribution in [3.63, 3.8) is 0 Å². The minimum Gasteiger partial charge on any atom is -0.328 e. The molecule has 0 aromatic heterocycles. The third-order valence-corrected chi connectivity index (χ3v) is 2.64. The van der Waals surface area contributed by atoms with Gasteiger partial charge in [-0.2, -0.15) is 26.3 Å². The Labute approximate surface area is 121 Å². The van der Waals surface area contributed by atoms with Crippen LogP contribution in [0.1, 0.15) is 15.9 Å². The smallest absolute Gasteiger partial charge is 0.328 e. The lowest BCUT2D eigenvalue weighted by Crippen LogP contribution is -2.40. The quantitative estimate of drug-likeness (QED) is 0.603. The number of hydrogen-bond donors (Lipinski definition) is 0. The highest BCUT2D eigenvalue weighted by Gasteiger charge is 2.34. The zero-order valence-corrected chi connectivity index (χ0v) is 11.2. The molecule has 2 nitrogen and oxygen atoms in total. The largest absolute Gasteiger partial charge is 0.416 e. The summed E-state index contributed by atoms with van der Waals surface area (Å²) >= 11 is 5.33. The van der Waals surface area contributed by atoms with Crippen LogP contribution in [0.15, 0.2) is 24.3 Å². The summed E-state index contributed by atoms with van der Waals surface area (Å²) in [6.07, 6.45) is -9.20. The summed E-state index contributed by atoms with van der Waals surface area (Å²) in [5.74, 6) is -1.25. The van der Waals surface area contributed by atoms with E-state index in [-0.39, 0.29) is 18.0 Å². The highest BCUT2D eigenvalue weighted by molar-refractivity contribution is 6.18. The molecule has 0 saturated carbocycles. The number of amides is 1. The second-order valence-corrected chi connectivity index (χ2v) is 4.48. The van der Waals surface area contributed by atoms with Gasteiger partial charge >= 0.3 is 12.4 Å². The molecular formula is C12H10ClF6NO. The summed E-state index contributed by atoms with van der Waals surface area (Å²) in [5.41, 5.74) is -1.25. The van der Waals surface area contributed by atoms with Crippen LogP contribution in [0.25, 0.3) is 0 Å². The Morgan fingerprint density at radius 3 is 1.95 bits per heavy atom. The van der Waals surface area contributed by atoms with E-state index in [4.69, 9.17) is 11.6 Å². The molecule has 0 N–H and O–H groups in total. The normalized spacial score (nSPS) is 12.3. The average molecular weight is 334 g/mol. The van der Waals surface area contributed by atoms with Gasteiger partial charge in [-0.1, -0.05) is 0 Å². The number of rotatable bonds is 4. The first-order chi connectivity index (χ1) is 9.54. The second kappa shape index (κ2) is 6.55. The SMILES string of the molecule is O=C(c1ccc(C(F)(F)F)cc1)N(CCCl)CC(F)(F)F. The summed E-state index contributed by atoms with van der Waals surface area (Å²) in [4.78, 5) is 12.3. The highest BCUT2D eigenvalue weighted by atomic mass is 35.5. The van der Waals surface area contributed by atoms with Crippen LogP contribution < -0.4 is 0 Å². The minimum atomic E-state index is -4.62. The van der Waals surface area contributed by atoms with Crippen LogP contribution in [0, 0.1) is 0 Å². The van der Waals surface area contributed by atoms with Crippen LogP contribution in [-0.4, -0.2) is 36.0 Å². The summed E-state index contributed by atoms with van der Waals surface area (Å²) in [5, 5.41) is 0. The third kappa shape index (κ3) is 5.45. The van der Waals surface area contributed by atoms with Crippen molar-refractivity contribution >= 4 is 17.5 Å². The predicted octanol–water partition coefficient (Wildman–Crippen LogP) is 3.95. The molecule has 0 aliphatic rings. The Kier molecular flexibility index (Phi) is 5.49. The molecule has 118 valence electrons. The van der Waals surface area contributed by atoms with Crippen molar-refractivity contribution in [2.24, 2.45) is 0 Å². The van der Waals surface area contributed by atoms with Gasteiger partial charge in [-0.3, -0.25) is 4.79 Å². The van der Waals surface area contributed by atoms with E-state index in [0.717, 1.165) is 12.1 Å². The summed E-state index contributed by atoms with van der Waals surface area (Å²) in [6.45, 7) is -1.87. The van der Waals surface area contributed by atoms with Crippen LogP contribution >= 0.6 is 11.6 Å². The molecule has 0 atom stereocenters. The second-order valence-electron chi connectivity index (χ2n) is 4.11. The summed E-state index contributed by atoms with van der Waals surface area (Å²) < 4.78 is 74.1. The molecule has 0 aliphatic heterocycles. The maximum absolute atomic E-state index is 12.4. The molecule has 21 heavy (non-hydrogen) atoms. The van der Waals surface area contributed by atoms with Gasteiger partial charge in [0.1, 0.15) is 6.54 Å². The number of alkyl halides is 7. The van der Waals surface area contributed by atoms with Gasteiger partial charge in [-0.25, -0.2) is 0 Å². The fourth-order valence-corrected chi connectivity index (χ4v) is 1.76. The number of hydrogen-bond acceptors (Lipinski definition) is 1.